The summed E-state index contributed by atoms with van der Waals surface area (Å²) in [6.07, 6.45) is 1.77. The highest BCUT2D eigenvalue weighted by molar-refractivity contribution is 5.47. The van der Waals surface area contributed by atoms with Crippen molar-refractivity contribution < 1.29 is 4.74 Å². The van der Waals surface area contributed by atoms with Gasteiger partial charge in [-0.05, 0) is 46.2 Å². The summed E-state index contributed by atoms with van der Waals surface area (Å²) in [5, 5.41) is 0. The van der Waals surface area contributed by atoms with Crippen molar-refractivity contribution in [1.82, 2.24) is 0 Å². The molecule has 0 bridgehead atoms. The van der Waals surface area contributed by atoms with E-state index in [-0.39, 0.29) is 11.8 Å². The van der Waals surface area contributed by atoms with E-state index >= 15 is 0 Å². The van der Waals surface area contributed by atoms with Crippen molar-refractivity contribution in [3.8, 4) is 0 Å². The van der Waals surface area contributed by atoms with Crippen molar-refractivity contribution >= 4 is 0 Å². The minimum Gasteiger partial charge on any atom is -0.348 e. The molecule has 0 aliphatic rings. The predicted molar refractivity (Wildman–Crippen MR) is 187 cm³/mol. The van der Waals surface area contributed by atoms with E-state index in [1.54, 1.807) is 0 Å². The fraction of sp³-hybridized carbons (Fsp3) is 0.182. The molecule has 0 saturated carbocycles. The average Bonchev–Trinajstić information content (AvgIpc) is 3.13. The van der Waals surface area contributed by atoms with Crippen molar-refractivity contribution in [3.05, 3.63) is 215 Å². The molecule has 0 spiro atoms. The fourth-order valence-corrected chi connectivity index (χ4v) is 7.40. The normalized spacial score (nSPS) is 13.2. The van der Waals surface area contributed by atoms with E-state index in [0.717, 1.165) is 35.1 Å². The zero-order valence-corrected chi connectivity index (χ0v) is 26.3. The lowest BCUT2D eigenvalue weighted by molar-refractivity contribution is -0.153. The van der Waals surface area contributed by atoms with Crippen LogP contribution in [0.2, 0.25) is 0 Å². The minimum atomic E-state index is -0.841. The molecule has 0 heterocycles. The van der Waals surface area contributed by atoms with Crippen LogP contribution in [0, 0.1) is 0 Å². The number of ether oxygens (including phenoxy) is 1. The minimum absolute atomic E-state index is 0.0172. The lowest BCUT2D eigenvalue weighted by Crippen LogP contribution is -2.49. The molecule has 6 rings (SSSR count). The summed E-state index contributed by atoms with van der Waals surface area (Å²) in [7, 11) is 0. The Labute approximate surface area is 269 Å². The van der Waals surface area contributed by atoms with Gasteiger partial charge in [-0.25, -0.2) is 0 Å². The first-order chi connectivity index (χ1) is 22.2. The third kappa shape index (κ3) is 5.77. The van der Waals surface area contributed by atoms with Gasteiger partial charge in [0.25, 0.3) is 0 Å². The van der Waals surface area contributed by atoms with Gasteiger partial charge in [-0.3, -0.25) is 0 Å². The van der Waals surface area contributed by atoms with Gasteiger partial charge in [0, 0.05) is 11.8 Å². The molecule has 0 aromatic heterocycles. The molecule has 0 N–H and O–H groups in total. The third-order valence-corrected chi connectivity index (χ3v) is 9.33. The maximum atomic E-state index is 8.39. The van der Waals surface area contributed by atoms with Crippen LogP contribution < -0.4 is 0 Å². The summed E-state index contributed by atoms with van der Waals surface area (Å²) in [4.78, 5) is 0. The van der Waals surface area contributed by atoms with Crippen LogP contribution in [0.15, 0.2) is 182 Å². The van der Waals surface area contributed by atoms with Crippen LogP contribution >= 0.6 is 0 Å². The van der Waals surface area contributed by atoms with Gasteiger partial charge >= 0.3 is 0 Å². The van der Waals surface area contributed by atoms with Crippen LogP contribution in [0.4, 0.5) is 0 Å². The van der Waals surface area contributed by atoms with Gasteiger partial charge in [0.05, 0.1) is 0 Å². The summed E-state index contributed by atoms with van der Waals surface area (Å²) in [6.45, 7) is 4.59. The van der Waals surface area contributed by atoms with Gasteiger partial charge in [0.1, 0.15) is 11.2 Å². The van der Waals surface area contributed by atoms with E-state index in [1.807, 2.05) is 0 Å². The van der Waals surface area contributed by atoms with Crippen molar-refractivity contribution in [1.29, 1.82) is 0 Å². The summed E-state index contributed by atoms with van der Waals surface area (Å²) in [6, 6.07) is 65.5. The summed E-state index contributed by atoms with van der Waals surface area (Å²) < 4.78 is 8.39. The van der Waals surface area contributed by atoms with Crippen LogP contribution in [-0.2, 0) is 15.9 Å². The fourth-order valence-electron chi connectivity index (χ4n) is 7.40. The predicted octanol–water partition coefficient (Wildman–Crippen LogP) is 11.3. The molecule has 0 aliphatic heterocycles. The average molecular weight is 587 g/mol. The Morgan fingerprint density at radius 1 is 0.356 bits per heavy atom. The zero-order chi connectivity index (χ0) is 31.0. The number of benzene rings is 6. The Morgan fingerprint density at radius 3 is 0.800 bits per heavy atom. The summed E-state index contributed by atoms with van der Waals surface area (Å²) in [5.74, 6) is 0.0344. The molecule has 0 amide bonds. The molecule has 45 heavy (non-hydrogen) atoms. The van der Waals surface area contributed by atoms with Crippen LogP contribution in [0.1, 0.15) is 71.9 Å². The zero-order valence-electron chi connectivity index (χ0n) is 26.3. The van der Waals surface area contributed by atoms with Crippen molar-refractivity contribution in [3.63, 3.8) is 0 Å². The van der Waals surface area contributed by atoms with Gasteiger partial charge in [-0.1, -0.05) is 196 Å². The Balaban J connectivity index is 1.77. The molecule has 6 aromatic rings. The Kier molecular flexibility index (Phi) is 9.38. The van der Waals surface area contributed by atoms with Crippen molar-refractivity contribution in [2.45, 2.75) is 49.7 Å². The van der Waals surface area contributed by atoms with Crippen LogP contribution in [-0.4, -0.2) is 0 Å². The first kappa shape index (κ1) is 30.3. The van der Waals surface area contributed by atoms with Gasteiger partial charge in [-0.2, -0.15) is 0 Å². The molecule has 0 saturated heterocycles. The molecular formula is C44H42O. The molecule has 0 aliphatic carbocycles. The largest absolute Gasteiger partial charge is 0.348 e. The smallest absolute Gasteiger partial charge is 0.127 e. The van der Waals surface area contributed by atoms with Gasteiger partial charge in [-0.15, -0.1) is 0 Å². The van der Waals surface area contributed by atoms with Gasteiger partial charge in [0.15, 0.2) is 0 Å². The maximum absolute atomic E-state index is 8.39. The standard InChI is InChI=1S/C44H42O/c1-3-41(35-23-11-5-12-24-35)43(37-27-15-7-16-28-37,38-29-17-8-18-30-38)45-44(39-31-19-9-20-32-39,40-33-21-10-22-34-40)42(4-2)36-25-13-6-14-26-36/h5-34,41-42H,3-4H2,1-2H3. The van der Waals surface area contributed by atoms with E-state index in [9.17, 15) is 0 Å². The second-order valence-corrected chi connectivity index (χ2v) is 11.8. The van der Waals surface area contributed by atoms with Crippen LogP contribution in [0.3, 0.4) is 0 Å². The maximum Gasteiger partial charge on any atom is 0.127 e. The number of rotatable bonds is 12. The van der Waals surface area contributed by atoms with Crippen LogP contribution in [0.25, 0.3) is 0 Å². The highest BCUT2D eigenvalue weighted by Gasteiger charge is 2.53. The van der Waals surface area contributed by atoms with Gasteiger partial charge < -0.3 is 4.74 Å². The number of hydrogen-bond acceptors (Lipinski definition) is 1. The molecule has 0 radical (unpaired) electrons. The summed E-state index contributed by atoms with van der Waals surface area (Å²) in [5.41, 5.74) is 5.42. The van der Waals surface area contributed by atoms with Gasteiger partial charge in [0.2, 0.25) is 0 Å². The first-order valence-electron chi connectivity index (χ1n) is 16.3. The molecule has 224 valence electrons. The monoisotopic (exact) mass is 586 g/mol. The van der Waals surface area contributed by atoms with E-state index in [1.165, 1.54) is 11.1 Å². The molecule has 2 unspecified atom stereocenters. The molecular weight excluding hydrogens is 544 g/mol. The highest BCUT2D eigenvalue weighted by Crippen LogP contribution is 2.57. The first-order valence-corrected chi connectivity index (χ1v) is 16.3. The second kappa shape index (κ2) is 13.9. The molecule has 1 heteroatoms. The summed E-state index contributed by atoms with van der Waals surface area (Å²) >= 11 is 0. The quantitative estimate of drug-likeness (QED) is 0.139. The van der Waals surface area contributed by atoms with E-state index in [2.05, 4.69) is 196 Å². The molecule has 0 fully saturated rings. The molecule has 1 nitrogen and oxygen atoms in total. The SMILES string of the molecule is CCC(c1ccccc1)C(OC(c1ccccc1)(c1ccccc1)C(CC)c1ccccc1)(c1ccccc1)c1ccccc1. The molecule has 6 aromatic carbocycles. The van der Waals surface area contributed by atoms with Crippen molar-refractivity contribution in [2.75, 3.05) is 0 Å². The highest BCUT2D eigenvalue weighted by atomic mass is 16.5. The topological polar surface area (TPSA) is 9.23 Å². The van der Waals surface area contributed by atoms with E-state index < -0.39 is 11.2 Å². The Morgan fingerprint density at radius 2 is 0.578 bits per heavy atom. The Hall–Kier alpha value is -4.72. The van der Waals surface area contributed by atoms with E-state index in [4.69, 9.17) is 4.74 Å². The molecule has 2 atom stereocenters. The lowest BCUT2D eigenvalue weighted by Gasteiger charge is -2.52. The van der Waals surface area contributed by atoms with Crippen LogP contribution in [0.5, 0.6) is 0 Å². The lowest BCUT2D eigenvalue weighted by atomic mass is 9.67. The second-order valence-electron chi connectivity index (χ2n) is 11.8. The van der Waals surface area contributed by atoms with E-state index in [0.29, 0.717) is 0 Å². The third-order valence-electron chi connectivity index (χ3n) is 9.33. The number of hydrogen-bond donors (Lipinski definition) is 0. The Bertz CT molecular complexity index is 1500. The van der Waals surface area contributed by atoms with Crippen molar-refractivity contribution in [2.24, 2.45) is 0 Å².